The fourth-order valence-corrected chi connectivity index (χ4v) is 3.44. The summed E-state index contributed by atoms with van der Waals surface area (Å²) >= 11 is 5.90. The van der Waals surface area contributed by atoms with Crippen LogP contribution in [0.1, 0.15) is 31.2 Å². The van der Waals surface area contributed by atoms with E-state index < -0.39 is 0 Å². The molecule has 1 aliphatic rings. The highest BCUT2D eigenvalue weighted by molar-refractivity contribution is 6.30. The number of carbonyl (C=O) groups is 1. The Hall–Kier alpha value is -2.24. The van der Waals surface area contributed by atoms with E-state index >= 15 is 0 Å². The molecule has 0 aliphatic heterocycles. The van der Waals surface area contributed by atoms with Crippen molar-refractivity contribution >= 4 is 23.3 Å². The summed E-state index contributed by atoms with van der Waals surface area (Å²) in [6, 6.07) is 13.8. The quantitative estimate of drug-likeness (QED) is 0.743. The number of rotatable bonds is 4. The first-order valence-corrected chi connectivity index (χ1v) is 9.18. The maximum Gasteiger partial charge on any atom is 0.322 e. The van der Waals surface area contributed by atoms with Gasteiger partial charge in [-0.1, -0.05) is 23.7 Å². The first-order chi connectivity index (χ1) is 12.5. The van der Waals surface area contributed by atoms with Gasteiger partial charge in [-0.2, -0.15) is 0 Å². The summed E-state index contributed by atoms with van der Waals surface area (Å²) in [4.78, 5) is 14.7. The Kier molecular flexibility index (Phi) is 6.01. The second-order valence-corrected chi connectivity index (χ2v) is 7.13. The number of hydrogen-bond donors (Lipinski definition) is 3. The summed E-state index contributed by atoms with van der Waals surface area (Å²) in [6.45, 7) is 0.397. The van der Waals surface area contributed by atoms with E-state index in [1.165, 1.54) is 0 Å². The van der Waals surface area contributed by atoms with E-state index in [1.807, 2.05) is 6.07 Å². The average molecular weight is 375 g/mol. The summed E-state index contributed by atoms with van der Waals surface area (Å²) in [5.41, 5.74) is 1.54. The highest BCUT2D eigenvalue weighted by Gasteiger charge is 2.28. The number of aliphatic hydroxyl groups is 1. The number of amides is 2. The van der Waals surface area contributed by atoms with Gasteiger partial charge in [0, 0.05) is 23.3 Å². The minimum absolute atomic E-state index is 0.0491. The van der Waals surface area contributed by atoms with Crippen LogP contribution in [0.2, 0.25) is 5.02 Å². The molecule has 3 rings (SSSR count). The van der Waals surface area contributed by atoms with Crippen LogP contribution in [0, 0.1) is 0 Å². The smallest absolute Gasteiger partial charge is 0.322 e. The second kappa shape index (κ2) is 8.43. The molecule has 1 fully saturated rings. The zero-order valence-corrected chi connectivity index (χ0v) is 15.2. The van der Waals surface area contributed by atoms with E-state index in [-0.39, 0.29) is 23.9 Å². The van der Waals surface area contributed by atoms with Crippen molar-refractivity contribution in [3.8, 4) is 5.75 Å². The number of urea groups is 1. The molecule has 2 aromatic rings. The van der Waals surface area contributed by atoms with Crippen LogP contribution in [0.15, 0.2) is 48.5 Å². The largest absolute Gasteiger partial charge is 0.508 e. The van der Waals surface area contributed by atoms with E-state index in [0.29, 0.717) is 30.1 Å². The van der Waals surface area contributed by atoms with Crippen LogP contribution in [0.25, 0.3) is 0 Å². The Morgan fingerprint density at radius 1 is 1.12 bits per heavy atom. The zero-order chi connectivity index (χ0) is 18.5. The van der Waals surface area contributed by atoms with E-state index in [1.54, 1.807) is 47.4 Å². The molecule has 0 radical (unpaired) electrons. The number of halogens is 1. The molecule has 0 atom stereocenters. The Balaban J connectivity index is 1.77. The Morgan fingerprint density at radius 3 is 2.46 bits per heavy atom. The van der Waals surface area contributed by atoms with Crippen LogP contribution in [-0.4, -0.2) is 33.3 Å². The molecule has 0 unspecified atom stereocenters. The van der Waals surface area contributed by atoms with Crippen molar-refractivity contribution in [3.63, 3.8) is 0 Å². The lowest BCUT2D eigenvalue weighted by atomic mass is 9.92. The van der Waals surface area contributed by atoms with Gasteiger partial charge in [-0.15, -0.1) is 0 Å². The van der Waals surface area contributed by atoms with E-state index in [2.05, 4.69) is 5.32 Å². The first-order valence-electron chi connectivity index (χ1n) is 8.80. The summed E-state index contributed by atoms with van der Waals surface area (Å²) in [7, 11) is 0. The summed E-state index contributed by atoms with van der Waals surface area (Å²) in [6.07, 6.45) is 2.61. The molecule has 6 heteroatoms. The molecule has 0 spiro atoms. The highest BCUT2D eigenvalue weighted by Crippen LogP contribution is 2.26. The molecular weight excluding hydrogens is 352 g/mol. The third-order valence-electron chi connectivity index (χ3n) is 4.73. The van der Waals surface area contributed by atoms with Crippen molar-refractivity contribution in [1.29, 1.82) is 0 Å². The van der Waals surface area contributed by atoms with E-state index in [4.69, 9.17) is 11.6 Å². The third-order valence-corrected chi connectivity index (χ3v) is 4.98. The molecule has 0 heterocycles. The molecular formula is C20H23ClN2O3. The van der Waals surface area contributed by atoms with Crippen LogP contribution in [0.3, 0.4) is 0 Å². The first kappa shape index (κ1) is 18.5. The highest BCUT2D eigenvalue weighted by atomic mass is 35.5. The molecule has 0 saturated heterocycles. The van der Waals surface area contributed by atoms with Gasteiger partial charge in [-0.3, -0.25) is 0 Å². The van der Waals surface area contributed by atoms with Gasteiger partial charge in [0.05, 0.1) is 6.10 Å². The zero-order valence-electron chi connectivity index (χ0n) is 14.4. The molecule has 0 bridgehead atoms. The number of nitrogens with one attached hydrogen (secondary N) is 1. The average Bonchev–Trinajstić information content (AvgIpc) is 2.62. The lowest BCUT2D eigenvalue weighted by molar-refractivity contribution is 0.0849. The molecule has 1 aliphatic carbocycles. The second-order valence-electron chi connectivity index (χ2n) is 6.70. The van der Waals surface area contributed by atoms with Crippen LogP contribution < -0.4 is 5.32 Å². The fourth-order valence-electron chi connectivity index (χ4n) is 3.32. The van der Waals surface area contributed by atoms with Crippen molar-refractivity contribution in [2.45, 2.75) is 44.4 Å². The van der Waals surface area contributed by atoms with Crippen LogP contribution in [0.5, 0.6) is 5.75 Å². The minimum Gasteiger partial charge on any atom is -0.508 e. The number of anilines is 1. The molecule has 2 aromatic carbocycles. The number of benzene rings is 2. The third kappa shape index (κ3) is 4.90. The van der Waals surface area contributed by atoms with Crippen LogP contribution >= 0.6 is 11.6 Å². The van der Waals surface area contributed by atoms with Crippen LogP contribution in [-0.2, 0) is 6.54 Å². The van der Waals surface area contributed by atoms with Gasteiger partial charge in [-0.25, -0.2) is 4.79 Å². The SMILES string of the molecule is O=C(Nc1ccc(Cl)cc1)N(Cc1cccc(O)c1)C1CCC(O)CC1. The number of hydrogen-bond acceptors (Lipinski definition) is 3. The predicted molar refractivity (Wildman–Crippen MR) is 102 cm³/mol. The van der Waals surface area contributed by atoms with Gasteiger partial charge in [0.15, 0.2) is 0 Å². The summed E-state index contributed by atoms with van der Waals surface area (Å²) in [5, 5.41) is 23.0. The van der Waals surface area contributed by atoms with Gasteiger partial charge in [0.2, 0.25) is 0 Å². The maximum absolute atomic E-state index is 12.9. The van der Waals surface area contributed by atoms with Crippen molar-refractivity contribution in [1.82, 2.24) is 4.90 Å². The molecule has 1 saturated carbocycles. The van der Waals surface area contributed by atoms with Crippen molar-refractivity contribution < 1.29 is 15.0 Å². The molecule has 3 N–H and O–H groups in total. The molecule has 0 aromatic heterocycles. The van der Waals surface area contributed by atoms with Gasteiger partial charge >= 0.3 is 6.03 Å². The van der Waals surface area contributed by atoms with Gasteiger partial charge in [-0.05, 0) is 67.6 Å². The predicted octanol–water partition coefficient (Wildman–Crippen LogP) is 4.38. The monoisotopic (exact) mass is 374 g/mol. The van der Waals surface area contributed by atoms with Crippen LogP contribution in [0.4, 0.5) is 10.5 Å². The lowest BCUT2D eigenvalue weighted by Crippen LogP contribution is -2.44. The topological polar surface area (TPSA) is 72.8 Å². The maximum atomic E-state index is 12.9. The Bertz CT molecular complexity index is 743. The van der Waals surface area contributed by atoms with Gasteiger partial charge < -0.3 is 20.4 Å². The molecule has 5 nitrogen and oxygen atoms in total. The number of nitrogens with zero attached hydrogens (tertiary/aromatic N) is 1. The summed E-state index contributed by atoms with van der Waals surface area (Å²) < 4.78 is 0. The number of phenolic OH excluding ortho intramolecular Hbond substituents is 1. The van der Waals surface area contributed by atoms with E-state index in [0.717, 1.165) is 18.4 Å². The van der Waals surface area contributed by atoms with Crippen molar-refractivity contribution in [2.24, 2.45) is 0 Å². The van der Waals surface area contributed by atoms with Gasteiger partial charge in [0.25, 0.3) is 0 Å². The number of aromatic hydroxyl groups is 1. The lowest BCUT2D eigenvalue weighted by Gasteiger charge is -2.36. The number of aliphatic hydroxyl groups excluding tert-OH is 1. The van der Waals surface area contributed by atoms with Crippen molar-refractivity contribution in [2.75, 3.05) is 5.32 Å². The standard InChI is InChI=1S/C20H23ClN2O3/c21-15-4-6-16(7-5-15)22-20(26)23(17-8-10-18(24)11-9-17)13-14-2-1-3-19(25)12-14/h1-7,12,17-18,24-25H,8-11,13H2,(H,22,26). The molecule has 26 heavy (non-hydrogen) atoms. The van der Waals surface area contributed by atoms with E-state index in [9.17, 15) is 15.0 Å². The van der Waals surface area contributed by atoms with Crippen molar-refractivity contribution in [3.05, 3.63) is 59.1 Å². The molecule has 2 amide bonds. The Morgan fingerprint density at radius 2 is 1.81 bits per heavy atom. The Labute approximate surface area is 158 Å². The number of carbonyl (C=O) groups excluding carboxylic acids is 1. The number of phenols is 1. The fraction of sp³-hybridized carbons (Fsp3) is 0.350. The minimum atomic E-state index is -0.284. The molecule has 138 valence electrons. The normalized spacial score (nSPS) is 19.8. The van der Waals surface area contributed by atoms with Gasteiger partial charge in [0.1, 0.15) is 5.75 Å². The summed E-state index contributed by atoms with van der Waals surface area (Å²) in [5.74, 6) is 0.180.